The van der Waals surface area contributed by atoms with Crippen molar-refractivity contribution in [1.29, 1.82) is 0 Å². The predicted octanol–water partition coefficient (Wildman–Crippen LogP) is 5.20. The lowest BCUT2D eigenvalue weighted by Crippen LogP contribution is -2.31. The Bertz CT molecular complexity index is 1220. The summed E-state index contributed by atoms with van der Waals surface area (Å²) < 4.78 is 19.9. The second-order valence-electron chi connectivity index (χ2n) is 7.28. The third-order valence-electron chi connectivity index (χ3n) is 5.16. The molecule has 4 aromatic rings. The fourth-order valence-electron chi connectivity index (χ4n) is 3.69. The minimum absolute atomic E-state index is 0.205. The van der Waals surface area contributed by atoms with Crippen LogP contribution in [0.1, 0.15) is 22.4 Å². The zero-order chi connectivity index (χ0) is 20.0. The summed E-state index contributed by atoms with van der Waals surface area (Å²) in [5, 5.41) is 3.23. The first-order valence-corrected chi connectivity index (χ1v) is 10.3. The molecule has 29 heavy (non-hydrogen) atoms. The first-order valence-electron chi connectivity index (χ1n) is 9.44. The highest BCUT2D eigenvalue weighted by Gasteiger charge is 2.22. The molecule has 1 aromatic carbocycles. The zero-order valence-electron chi connectivity index (χ0n) is 16.1. The Morgan fingerprint density at radius 2 is 2.03 bits per heavy atom. The van der Waals surface area contributed by atoms with Gasteiger partial charge in [0.05, 0.1) is 11.6 Å². The van der Waals surface area contributed by atoms with E-state index in [4.69, 9.17) is 4.74 Å². The van der Waals surface area contributed by atoms with Crippen molar-refractivity contribution in [2.45, 2.75) is 26.8 Å². The molecule has 4 heterocycles. The highest BCUT2D eigenvalue weighted by Crippen LogP contribution is 2.34. The fourth-order valence-corrected chi connectivity index (χ4v) is 4.58. The lowest BCUT2D eigenvalue weighted by molar-refractivity contribution is 0.438. The number of ether oxygens (including phenoxy) is 1. The SMILES string of the molecule is Cc1ccc(Oc2cnc3c(c2)CN(c2ncnc4scc(C)c24)CC3)c(F)c1. The highest BCUT2D eigenvalue weighted by atomic mass is 32.1. The number of pyridine rings is 1. The number of halogens is 1. The Morgan fingerprint density at radius 3 is 2.90 bits per heavy atom. The van der Waals surface area contributed by atoms with Crippen LogP contribution < -0.4 is 9.64 Å². The van der Waals surface area contributed by atoms with Crippen LogP contribution in [0, 0.1) is 19.7 Å². The van der Waals surface area contributed by atoms with Gasteiger partial charge in [0.25, 0.3) is 0 Å². The lowest BCUT2D eigenvalue weighted by Gasteiger charge is -2.30. The summed E-state index contributed by atoms with van der Waals surface area (Å²) in [5.74, 6) is 1.32. The molecule has 3 aromatic heterocycles. The summed E-state index contributed by atoms with van der Waals surface area (Å²) in [6, 6.07) is 6.89. The third kappa shape index (κ3) is 3.31. The van der Waals surface area contributed by atoms with Gasteiger partial charge in [-0.1, -0.05) is 6.07 Å². The topological polar surface area (TPSA) is 51.1 Å². The van der Waals surface area contributed by atoms with Crippen LogP contribution in [0.15, 0.2) is 42.2 Å². The smallest absolute Gasteiger partial charge is 0.165 e. The van der Waals surface area contributed by atoms with Crippen molar-refractivity contribution < 1.29 is 9.13 Å². The Hall–Kier alpha value is -3.06. The largest absolute Gasteiger partial charge is 0.453 e. The average molecular weight is 406 g/mol. The van der Waals surface area contributed by atoms with Crippen LogP contribution in [0.3, 0.4) is 0 Å². The number of aryl methyl sites for hydroxylation is 2. The van der Waals surface area contributed by atoms with E-state index in [1.54, 1.807) is 29.9 Å². The molecule has 0 fully saturated rings. The number of rotatable bonds is 3. The van der Waals surface area contributed by atoms with E-state index in [0.717, 1.165) is 45.8 Å². The number of fused-ring (bicyclic) bond motifs is 2. The van der Waals surface area contributed by atoms with E-state index in [-0.39, 0.29) is 11.6 Å². The maximum atomic E-state index is 14.1. The number of nitrogens with zero attached hydrogens (tertiary/aromatic N) is 4. The molecule has 0 bridgehead atoms. The van der Waals surface area contributed by atoms with Crippen molar-refractivity contribution in [3.8, 4) is 11.5 Å². The van der Waals surface area contributed by atoms with Gasteiger partial charge in [0.1, 0.15) is 22.7 Å². The molecular formula is C22H19FN4OS. The maximum absolute atomic E-state index is 14.1. The Balaban J connectivity index is 1.45. The van der Waals surface area contributed by atoms with Crippen molar-refractivity contribution in [2.75, 3.05) is 11.4 Å². The number of aromatic nitrogens is 3. The van der Waals surface area contributed by atoms with Gasteiger partial charge in [0.2, 0.25) is 0 Å². The van der Waals surface area contributed by atoms with Gasteiger partial charge in [-0.3, -0.25) is 4.98 Å². The molecule has 0 N–H and O–H groups in total. The lowest BCUT2D eigenvalue weighted by atomic mass is 10.0. The van der Waals surface area contributed by atoms with Crippen LogP contribution >= 0.6 is 11.3 Å². The third-order valence-corrected chi connectivity index (χ3v) is 6.17. The second kappa shape index (κ2) is 7.08. The summed E-state index contributed by atoms with van der Waals surface area (Å²) in [5.41, 5.74) is 4.16. The Labute approximate surface area is 171 Å². The number of thiophene rings is 1. The van der Waals surface area contributed by atoms with E-state index in [1.165, 1.54) is 11.6 Å². The normalized spacial score (nSPS) is 13.6. The van der Waals surface area contributed by atoms with Gasteiger partial charge in [0.15, 0.2) is 11.6 Å². The van der Waals surface area contributed by atoms with Crippen molar-refractivity contribution >= 4 is 27.4 Å². The molecule has 0 saturated heterocycles. The molecule has 5 nitrogen and oxygen atoms in total. The second-order valence-corrected chi connectivity index (χ2v) is 8.14. The quantitative estimate of drug-likeness (QED) is 0.468. The van der Waals surface area contributed by atoms with E-state index in [1.807, 2.05) is 19.1 Å². The molecule has 5 rings (SSSR count). The summed E-state index contributed by atoms with van der Waals surface area (Å²) in [6.07, 6.45) is 4.12. The fraction of sp³-hybridized carbons (Fsp3) is 0.227. The minimum atomic E-state index is -0.374. The molecule has 1 aliphatic heterocycles. The molecule has 0 spiro atoms. The monoisotopic (exact) mass is 406 g/mol. The van der Waals surface area contributed by atoms with Crippen molar-refractivity contribution in [3.63, 3.8) is 0 Å². The Kier molecular flexibility index (Phi) is 4.39. The molecule has 0 radical (unpaired) electrons. The van der Waals surface area contributed by atoms with E-state index in [9.17, 15) is 4.39 Å². The van der Waals surface area contributed by atoms with E-state index in [0.29, 0.717) is 12.3 Å². The van der Waals surface area contributed by atoms with Crippen LogP contribution in [-0.4, -0.2) is 21.5 Å². The van der Waals surface area contributed by atoms with Gasteiger partial charge in [-0.05, 0) is 54.1 Å². The van der Waals surface area contributed by atoms with Gasteiger partial charge in [-0.15, -0.1) is 11.3 Å². The average Bonchev–Trinajstić information content (AvgIpc) is 3.11. The molecule has 1 aliphatic rings. The van der Waals surface area contributed by atoms with Crippen molar-refractivity contribution in [2.24, 2.45) is 0 Å². The number of hydrogen-bond acceptors (Lipinski definition) is 6. The highest BCUT2D eigenvalue weighted by molar-refractivity contribution is 7.17. The molecule has 146 valence electrons. The summed E-state index contributed by atoms with van der Waals surface area (Å²) in [7, 11) is 0. The Morgan fingerprint density at radius 1 is 1.14 bits per heavy atom. The molecular weight excluding hydrogens is 387 g/mol. The molecule has 7 heteroatoms. The van der Waals surface area contributed by atoms with Crippen LogP contribution in [0.5, 0.6) is 11.5 Å². The van der Waals surface area contributed by atoms with E-state index in [2.05, 4.69) is 32.2 Å². The van der Waals surface area contributed by atoms with Gasteiger partial charge >= 0.3 is 0 Å². The van der Waals surface area contributed by atoms with Crippen LogP contribution in [-0.2, 0) is 13.0 Å². The number of hydrogen-bond donors (Lipinski definition) is 0. The van der Waals surface area contributed by atoms with Gasteiger partial charge in [-0.2, -0.15) is 0 Å². The van der Waals surface area contributed by atoms with Crippen molar-refractivity contribution in [1.82, 2.24) is 15.0 Å². The first kappa shape index (κ1) is 18.0. The number of anilines is 1. The molecule has 0 amide bonds. The van der Waals surface area contributed by atoms with Gasteiger partial charge in [-0.25, -0.2) is 14.4 Å². The van der Waals surface area contributed by atoms with Gasteiger partial charge in [0, 0.05) is 25.2 Å². The summed E-state index contributed by atoms with van der Waals surface area (Å²) >= 11 is 1.64. The van der Waals surface area contributed by atoms with Crippen LogP contribution in [0.2, 0.25) is 0 Å². The minimum Gasteiger partial charge on any atom is -0.453 e. The molecule has 0 saturated carbocycles. The standard InChI is InChI=1S/C22H19FN4OS/c1-13-3-4-19(17(23)7-13)28-16-8-15-10-27(6-5-18(15)24-9-16)21-20-14(2)11-29-22(20)26-12-25-21/h3-4,7-9,11-12H,5-6,10H2,1-2H3. The maximum Gasteiger partial charge on any atom is 0.165 e. The van der Waals surface area contributed by atoms with Crippen molar-refractivity contribution in [3.05, 3.63) is 70.4 Å². The molecule has 0 atom stereocenters. The first-order chi connectivity index (χ1) is 14.1. The summed E-state index contributed by atoms with van der Waals surface area (Å²) in [6.45, 7) is 5.46. The molecule has 0 unspecified atom stereocenters. The summed E-state index contributed by atoms with van der Waals surface area (Å²) in [4.78, 5) is 16.8. The van der Waals surface area contributed by atoms with Gasteiger partial charge < -0.3 is 9.64 Å². The van der Waals surface area contributed by atoms with Crippen LogP contribution in [0.25, 0.3) is 10.2 Å². The van der Waals surface area contributed by atoms with E-state index < -0.39 is 0 Å². The predicted molar refractivity (Wildman–Crippen MR) is 112 cm³/mol. The van der Waals surface area contributed by atoms with Crippen LogP contribution in [0.4, 0.5) is 10.2 Å². The number of benzene rings is 1. The molecule has 0 aliphatic carbocycles. The van der Waals surface area contributed by atoms with E-state index >= 15 is 0 Å². The zero-order valence-corrected chi connectivity index (χ0v) is 17.0.